The molecule has 0 fully saturated rings. The Kier molecular flexibility index (Phi) is 4.73. The Labute approximate surface area is 155 Å². The van der Waals surface area contributed by atoms with Crippen LogP contribution in [0.4, 0.5) is 0 Å². The predicted octanol–water partition coefficient (Wildman–Crippen LogP) is 2.96. The lowest BCUT2D eigenvalue weighted by atomic mass is 10.0. The molecule has 0 aliphatic rings. The van der Waals surface area contributed by atoms with E-state index in [1.165, 1.54) is 44.4 Å². The number of halogens is 2. The van der Waals surface area contributed by atoms with Gasteiger partial charge in [0.05, 0.1) is 20.5 Å². The van der Waals surface area contributed by atoms with Crippen molar-refractivity contribution in [2.24, 2.45) is 0 Å². The van der Waals surface area contributed by atoms with Crippen molar-refractivity contribution in [2.75, 3.05) is 0 Å². The average molecular weight is 474 g/mol. The highest BCUT2D eigenvalue weighted by atomic mass is 79.9. The molecule has 3 aromatic rings. The molecular formula is C15H14Br2S2Si2. The van der Waals surface area contributed by atoms with Gasteiger partial charge >= 0.3 is 0 Å². The van der Waals surface area contributed by atoms with Gasteiger partial charge in [-0.3, -0.25) is 0 Å². The summed E-state index contributed by atoms with van der Waals surface area (Å²) < 4.78 is 5.36. The molecule has 0 saturated heterocycles. The summed E-state index contributed by atoms with van der Waals surface area (Å²) in [6.07, 6.45) is 0. The highest BCUT2D eigenvalue weighted by Gasteiger charge is 2.16. The van der Waals surface area contributed by atoms with Crippen LogP contribution in [0, 0.1) is 6.92 Å². The van der Waals surface area contributed by atoms with Crippen molar-refractivity contribution in [3.63, 3.8) is 0 Å². The third-order valence-electron chi connectivity index (χ3n) is 3.44. The third-order valence-corrected chi connectivity index (χ3v) is 9.03. The first-order chi connectivity index (χ1) is 9.97. The molecule has 0 aliphatic carbocycles. The second kappa shape index (κ2) is 6.25. The standard InChI is InChI=1S/C15H14Br2S2Si2/c1-7-14(11-3-5-13(21)19-11)9(16)6-8(15(7)17)10-2-4-12(20)18-10/h2-6H,1,20-21H3. The van der Waals surface area contributed by atoms with Crippen molar-refractivity contribution >= 4 is 84.0 Å². The van der Waals surface area contributed by atoms with Crippen LogP contribution in [0.5, 0.6) is 0 Å². The van der Waals surface area contributed by atoms with E-state index in [2.05, 4.69) is 69.1 Å². The number of rotatable bonds is 2. The zero-order valence-electron chi connectivity index (χ0n) is 12.0. The molecule has 3 rings (SSSR count). The number of thiophene rings is 2. The topological polar surface area (TPSA) is 0 Å². The summed E-state index contributed by atoms with van der Waals surface area (Å²) in [6.45, 7) is 2.20. The minimum Gasteiger partial charge on any atom is -0.146 e. The fraction of sp³-hybridized carbons (Fsp3) is 0.0667. The maximum atomic E-state index is 3.83. The summed E-state index contributed by atoms with van der Waals surface area (Å²) in [4.78, 5) is 2.70. The van der Waals surface area contributed by atoms with Crippen molar-refractivity contribution in [2.45, 2.75) is 6.92 Å². The van der Waals surface area contributed by atoms with Crippen LogP contribution in [0.15, 0.2) is 39.3 Å². The predicted molar refractivity (Wildman–Crippen MR) is 112 cm³/mol. The number of hydrogen-bond donors (Lipinski definition) is 0. The van der Waals surface area contributed by atoms with Gasteiger partial charge in [-0.15, -0.1) is 22.7 Å². The van der Waals surface area contributed by atoms with E-state index >= 15 is 0 Å². The largest absolute Gasteiger partial charge is 0.146 e. The average Bonchev–Trinajstić information content (AvgIpc) is 3.03. The van der Waals surface area contributed by atoms with E-state index in [-0.39, 0.29) is 0 Å². The summed E-state index contributed by atoms with van der Waals surface area (Å²) >= 11 is 11.4. The van der Waals surface area contributed by atoms with Gasteiger partial charge in [0.25, 0.3) is 0 Å². The fourth-order valence-electron chi connectivity index (χ4n) is 2.38. The van der Waals surface area contributed by atoms with Crippen LogP contribution in [0.2, 0.25) is 0 Å². The van der Waals surface area contributed by atoms with Gasteiger partial charge in [-0.25, -0.2) is 0 Å². The smallest absolute Gasteiger partial charge is 0.0514 e. The second-order valence-corrected chi connectivity index (χ2v) is 12.9. The first-order valence-corrected chi connectivity index (χ1v) is 11.8. The normalized spacial score (nSPS) is 11.4. The molecule has 6 heteroatoms. The molecule has 108 valence electrons. The van der Waals surface area contributed by atoms with Crippen molar-refractivity contribution in [3.05, 3.63) is 44.8 Å². The van der Waals surface area contributed by atoms with Gasteiger partial charge in [-0.1, -0.05) is 28.1 Å². The first-order valence-electron chi connectivity index (χ1n) is 6.59. The SMILES string of the molecule is Cc1c(Br)c(-c2ccc([SiH3])s2)cc(Br)c1-c1ccc([SiH3])s1. The maximum absolute atomic E-state index is 3.83. The Morgan fingerprint density at radius 1 is 0.905 bits per heavy atom. The molecule has 0 radical (unpaired) electrons. The summed E-state index contributed by atoms with van der Waals surface area (Å²) in [5, 5.41) is 0. The second-order valence-electron chi connectivity index (χ2n) is 5.04. The van der Waals surface area contributed by atoms with Gasteiger partial charge in [0, 0.05) is 29.8 Å². The minimum atomic E-state index is 1.12. The van der Waals surface area contributed by atoms with Crippen molar-refractivity contribution < 1.29 is 0 Å². The van der Waals surface area contributed by atoms with Gasteiger partial charge in [0.1, 0.15) is 0 Å². The third kappa shape index (κ3) is 3.07. The van der Waals surface area contributed by atoms with Crippen molar-refractivity contribution in [3.8, 4) is 20.9 Å². The molecule has 0 nitrogen and oxygen atoms in total. The Morgan fingerprint density at radius 2 is 1.48 bits per heavy atom. The molecular weight excluding hydrogens is 460 g/mol. The molecule has 0 spiro atoms. The molecule has 0 unspecified atom stereocenters. The molecule has 21 heavy (non-hydrogen) atoms. The number of benzene rings is 1. The summed E-state index contributed by atoms with van der Waals surface area (Å²) in [6, 6.07) is 11.2. The Balaban J connectivity index is 2.20. The molecule has 0 amide bonds. The summed E-state index contributed by atoms with van der Waals surface area (Å²) in [7, 11) is 2.24. The lowest BCUT2D eigenvalue weighted by Crippen LogP contribution is -1.91. The summed E-state index contributed by atoms with van der Waals surface area (Å²) in [5.74, 6) is 0. The van der Waals surface area contributed by atoms with Gasteiger partial charge < -0.3 is 0 Å². The molecule has 0 aliphatic heterocycles. The molecule has 0 N–H and O–H groups in total. The monoisotopic (exact) mass is 472 g/mol. The minimum absolute atomic E-state index is 1.12. The van der Waals surface area contributed by atoms with Crippen LogP contribution in [0.1, 0.15) is 5.56 Å². The van der Waals surface area contributed by atoms with Crippen LogP contribution in [-0.4, -0.2) is 20.5 Å². The molecule has 0 saturated carbocycles. The van der Waals surface area contributed by atoms with Crippen LogP contribution in [0.3, 0.4) is 0 Å². The first kappa shape index (κ1) is 15.9. The molecule has 1 aromatic carbocycles. The Morgan fingerprint density at radius 3 is 2.00 bits per heavy atom. The van der Waals surface area contributed by atoms with Crippen LogP contribution >= 0.6 is 54.5 Å². The molecule has 0 bridgehead atoms. The highest BCUT2D eigenvalue weighted by molar-refractivity contribution is 9.11. The zero-order chi connectivity index (χ0) is 15.1. The van der Waals surface area contributed by atoms with E-state index in [0.717, 1.165) is 20.5 Å². The van der Waals surface area contributed by atoms with Crippen LogP contribution in [0.25, 0.3) is 20.9 Å². The Hall–Kier alpha value is 0.0138. The lowest BCUT2D eigenvalue weighted by Gasteiger charge is -2.13. The highest BCUT2D eigenvalue weighted by Crippen LogP contribution is 2.43. The molecule has 2 heterocycles. The lowest BCUT2D eigenvalue weighted by molar-refractivity contribution is 1.42. The van der Waals surface area contributed by atoms with Crippen LogP contribution < -0.4 is 9.00 Å². The van der Waals surface area contributed by atoms with Gasteiger partial charge in [0.15, 0.2) is 0 Å². The van der Waals surface area contributed by atoms with E-state index < -0.39 is 0 Å². The summed E-state index contributed by atoms with van der Waals surface area (Å²) in [5.41, 5.74) is 3.92. The quantitative estimate of drug-likeness (QED) is 0.502. The number of hydrogen-bond acceptors (Lipinski definition) is 2. The van der Waals surface area contributed by atoms with E-state index in [0.29, 0.717) is 0 Å². The Bertz CT molecular complexity index is 821. The van der Waals surface area contributed by atoms with Crippen LogP contribution in [-0.2, 0) is 0 Å². The zero-order valence-corrected chi connectivity index (χ0v) is 20.8. The van der Waals surface area contributed by atoms with Gasteiger partial charge in [-0.2, -0.15) is 0 Å². The maximum Gasteiger partial charge on any atom is 0.0514 e. The molecule has 0 atom stereocenters. The van der Waals surface area contributed by atoms with Crippen molar-refractivity contribution in [1.29, 1.82) is 0 Å². The van der Waals surface area contributed by atoms with E-state index in [9.17, 15) is 0 Å². The van der Waals surface area contributed by atoms with Gasteiger partial charge in [0.2, 0.25) is 0 Å². The van der Waals surface area contributed by atoms with Crippen molar-refractivity contribution in [1.82, 2.24) is 0 Å². The van der Waals surface area contributed by atoms with E-state index in [1.54, 1.807) is 0 Å². The van der Waals surface area contributed by atoms with Gasteiger partial charge in [-0.05, 0) is 55.6 Å². The van der Waals surface area contributed by atoms with E-state index in [4.69, 9.17) is 0 Å². The molecule has 2 aromatic heterocycles. The van der Waals surface area contributed by atoms with E-state index in [1.807, 2.05) is 22.7 Å². The fourth-order valence-corrected chi connectivity index (χ4v) is 7.44.